The summed E-state index contributed by atoms with van der Waals surface area (Å²) in [6.07, 6.45) is 2.65. The van der Waals surface area contributed by atoms with Gasteiger partial charge in [0.2, 0.25) is 0 Å². The van der Waals surface area contributed by atoms with Crippen LogP contribution in [0.3, 0.4) is 0 Å². The highest BCUT2D eigenvalue weighted by Gasteiger charge is 2.05. The second kappa shape index (κ2) is 11.4. The highest BCUT2D eigenvalue weighted by molar-refractivity contribution is 9.10. The summed E-state index contributed by atoms with van der Waals surface area (Å²) in [6, 6.07) is 16.3. The molecule has 0 unspecified atom stereocenters. The highest BCUT2D eigenvalue weighted by atomic mass is 79.9. The molecule has 0 saturated carbocycles. The molecule has 2 rings (SSSR count). The molecule has 3 nitrogen and oxygen atoms in total. The Balaban J connectivity index is 0.00000163. The molecule has 0 fully saturated rings. The van der Waals surface area contributed by atoms with Crippen molar-refractivity contribution < 1.29 is 4.79 Å². The number of benzene rings is 2. The Morgan fingerprint density at radius 3 is 2.19 bits per heavy atom. The van der Waals surface area contributed by atoms with Crippen LogP contribution in [0.2, 0.25) is 0 Å². The maximum atomic E-state index is 11.0. The van der Waals surface area contributed by atoms with Gasteiger partial charge in [-0.3, -0.25) is 9.80 Å². The van der Waals surface area contributed by atoms with E-state index in [-0.39, 0.29) is 0 Å². The van der Waals surface area contributed by atoms with Crippen LogP contribution in [-0.4, -0.2) is 24.1 Å². The molecule has 0 N–H and O–H groups in total. The number of aryl methyl sites for hydroxylation is 1. The Morgan fingerprint density at radius 1 is 1.08 bits per heavy atom. The van der Waals surface area contributed by atoms with Gasteiger partial charge in [0.1, 0.15) is 6.29 Å². The summed E-state index contributed by atoms with van der Waals surface area (Å²) in [7, 11) is 1.93. The van der Waals surface area contributed by atoms with Crippen LogP contribution in [0.1, 0.15) is 37.5 Å². The first-order valence-electron chi connectivity index (χ1n) is 8.72. The topological polar surface area (TPSA) is 32.7 Å². The summed E-state index contributed by atoms with van der Waals surface area (Å²) >= 11 is 3.44. The molecular weight excluding hydrogens is 388 g/mol. The second-order valence-corrected chi connectivity index (χ2v) is 6.72. The predicted molar refractivity (Wildman–Crippen MR) is 114 cm³/mol. The maximum Gasteiger partial charge on any atom is 0.145 e. The van der Waals surface area contributed by atoms with Crippen molar-refractivity contribution in [2.75, 3.05) is 7.05 Å². The summed E-state index contributed by atoms with van der Waals surface area (Å²) in [5.41, 5.74) is 4.81. The lowest BCUT2D eigenvalue weighted by molar-refractivity contribution is -0.104. The third-order valence-electron chi connectivity index (χ3n) is 3.50. The average Bonchev–Trinajstić information content (AvgIpc) is 2.65. The number of nitrogens with zero attached hydrogens (tertiary/aromatic N) is 2. The second-order valence-electron chi connectivity index (χ2n) is 5.80. The molecule has 0 aliphatic carbocycles. The number of hydrogen-bond donors (Lipinski definition) is 0. The van der Waals surface area contributed by atoms with Gasteiger partial charge >= 0.3 is 0 Å². The number of rotatable bonds is 6. The van der Waals surface area contributed by atoms with E-state index in [0.717, 1.165) is 22.0 Å². The molecule has 26 heavy (non-hydrogen) atoms. The van der Waals surface area contributed by atoms with Crippen LogP contribution in [0.4, 0.5) is 0 Å². The van der Waals surface area contributed by atoms with E-state index in [1.54, 1.807) is 6.92 Å². The monoisotopic (exact) mass is 414 g/mol. The molecule has 0 aliphatic heterocycles. The molecule has 0 amide bonds. The Hall–Kier alpha value is -2.20. The summed E-state index contributed by atoms with van der Waals surface area (Å²) in [5.74, 6) is 0. The van der Waals surface area contributed by atoms with Gasteiger partial charge < -0.3 is 0 Å². The number of carbonyl (C=O) groups is 1. The number of hydrogen-bond acceptors (Lipinski definition) is 3. The molecular formula is C22H27BrN2O. The lowest BCUT2D eigenvalue weighted by Crippen LogP contribution is -2.14. The van der Waals surface area contributed by atoms with Crippen LogP contribution in [0.15, 0.2) is 69.8 Å². The molecule has 0 aromatic heterocycles. The minimum Gasteiger partial charge on any atom is -0.298 e. The van der Waals surface area contributed by atoms with Gasteiger partial charge in [0.15, 0.2) is 0 Å². The van der Waals surface area contributed by atoms with E-state index in [4.69, 9.17) is 0 Å². The molecule has 2 aromatic carbocycles. The fourth-order valence-corrected chi connectivity index (χ4v) is 2.48. The zero-order valence-corrected chi connectivity index (χ0v) is 17.7. The Kier molecular flexibility index (Phi) is 9.60. The summed E-state index contributed by atoms with van der Waals surface area (Å²) in [4.78, 5) is 11.0. The molecule has 0 atom stereocenters. The van der Waals surface area contributed by atoms with Gasteiger partial charge in [-0.2, -0.15) is 5.10 Å². The Bertz CT molecular complexity index is 747. The summed E-state index contributed by atoms with van der Waals surface area (Å²) < 4.78 is 1.01. The molecule has 0 spiro atoms. The van der Waals surface area contributed by atoms with Crippen LogP contribution in [0, 0.1) is 6.92 Å². The highest BCUT2D eigenvalue weighted by Crippen LogP contribution is 2.14. The van der Waals surface area contributed by atoms with Crippen molar-refractivity contribution in [2.24, 2.45) is 5.10 Å². The zero-order valence-electron chi connectivity index (χ0n) is 16.2. The lowest BCUT2D eigenvalue weighted by atomic mass is 10.1. The van der Waals surface area contributed by atoms with Gasteiger partial charge in [-0.25, -0.2) is 0 Å². The fraction of sp³-hybridized carbons (Fsp3) is 0.273. The first kappa shape index (κ1) is 21.8. The van der Waals surface area contributed by atoms with E-state index in [2.05, 4.69) is 52.2 Å². The van der Waals surface area contributed by atoms with Gasteiger partial charge in [-0.05, 0) is 43.2 Å². The minimum absolute atomic E-state index is 0.639. The molecule has 0 heterocycles. The SMILES string of the molecule is C/C(C=O)=C/C(=N\N(C)Cc1ccc(C)cc1)c1ccc(Br)cc1.CC. The van der Waals surface area contributed by atoms with Crippen molar-refractivity contribution in [3.63, 3.8) is 0 Å². The lowest BCUT2D eigenvalue weighted by Gasteiger charge is -2.15. The molecule has 138 valence electrons. The predicted octanol–water partition coefficient (Wildman–Crippen LogP) is 5.77. The van der Waals surface area contributed by atoms with Gasteiger partial charge in [-0.1, -0.05) is 71.7 Å². The smallest absolute Gasteiger partial charge is 0.145 e. The van der Waals surface area contributed by atoms with E-state index >= 15 is 0 Å². The zero-order chi connectivity index (χ0) is 19.5. The summed E-state index contributed by atoms with van der Waals surface area (Å²) in [5, 5.41) is 6.57. The van der Waals surface area contributed by atoms with Crippen molar-refractivity contribution in [2.45, 2.75) is 34.2 Å². The van der Waals surface area contributed by atoms with Crippen molar-refractivity contribution in [3.05, 3.63) is 81.3 Å². The van der Waals surface area contributed by atoms with Gasteiger partial charge in [-0.15, -0.1) is 0 Å². The van der Waals surface area contributed by atoms with E-state index in [0.29, 0.717) is 12.1 Å². The van der Waals surface area contributed by atoms with Crippen LogP contribution in [-0.2, 0) is 11.3 Å². The minimum atomic E-state index is 0.639. The first-order chi connectivity index (χ1) is 12.5. The Labute approximate surface area is 165 Å². The van der Waals surface area contributed by atoms with Gasteiger partial charge in [0, 0.05) is 17.1 Å². The third-order valence-corrected chi connectivity index (χ3v) is 4.03. The van der Waals surface area contributed by atoms with Gasteiger partial charge in [0.25, 0.3) is 0 Å². The van der Waals surface area contributed by atoms with Crippen LogP contribution < -0.4 is 0 Å². The van der Waals surface area contributed by atoms with Crippen molar-refractivity contribution in [1.82, 2.24) is 5.01 Å². The molecule has 2 aromatic rings. The number of hydrazone groups is 1. The van der Waals surface area contributed by atoms with E-state index in [9.17, 15) is 4.79 Å². The van der Waals surface area contributed by atoms with Crippen molar-refractivity contribution >= 4 is 27.9 Å². The van der Waals surface area contributed by atoms with Crippen LogP contribution >= 0.6 is 15.9 Å². The van der Waals surface area contributed by atoms with Crippen LogP contribution in [0.5, 0.6) is 0 Å². The van der Waals surface area contributed by atoms with Gasteiger partial charge in [0.05, 0.1) is 12.3 Å². The number of halogens is 1. The fourth-order valence-electron chi connectivity index (χ4n) is 2.22. The normalized spacial score (nSPS) is 11.5. The standard InChI is InChI=1S/C20H21BrN2O.C2H6/c1-15-4-6-17(7-5-15)13-23(3)22-20(12-16(2)14-24)18-8-10-19(21)11-9-18;1-2/h4-12,14H,13H2,1-3H3;1-2H3/b16-12-,22-20+;. The molecule has 0 saturated heterocycles. The largest absolute Gasteiger partial charge is 0.298 e. The number of allylic oxidation sites excluding steroid dienone is 2. The number of aldehydes is 1. The maximum absolute atomic E-state index is 11.0. The molecule has 0 bridgehead atoms. The van der Waals surface area contributed by atoms with Crippen molar-refractivity contribution in [1.29, 1.82) is 0 Å². The molecule has 0 radical (unpaired) electrons. The first-order valence-corrected chi connectivity index (χ1v) is 9.52. The van der Waals surface area contributed by atoms with E-state index in [1.165, 1.54) is 11.1 Å². The molecule has 4 heteroatoms. The quantitative estimate of drug-likeness (QED) is 0.260. The Morgan fingerprint density at radius 2 is 1.65 bits per heavy atom. The van der Waals surface area contributed by atoms with Crippen molar-refractivity contribution in [3.8, 4) is 0 Å². The van der Waals surface area contributed by atoms with E-state index in [1.807, 2.05) is 56.2 Å². The van der Waals surface area contributed by atoms with Crippen LogP contribution in [0.25, 0.3) is 0 Å². The average molecular weight is 415 g/mol. The van der Waals surface area contributed by atoms with E-state index < -0.39 is 0 Å². The summed E-state index contributed by atoms with van der Waals surface area (Å²) in [6.45, 7) is 8.56. The third kappa shape index (κ3) is 7.36. The number of carbonyl (C=O) groups excluding carboxylic acids is 1. The molecule has 0 aliphatic rings.